The lowest BCUT2D eigenvalue weighted by atomic mass is 10.1. The lowest BCUT2D eigenvalue weighted by Gasteiger charge is -2.08. The SMILES string of the molecule is COc1c(F)cc(CF)cc1CN. The second-order valence-corrected chi connectivity index (χ2v) is 2.61. The van der Waals surface area contributed by atoms with E-state index in [1.807, 2.05) is 0 Å². The molecule has 2 nitrogen and oxygen atoms in total. The molecule has 0 unspecified atom stereocenters. The Balaban J connectivity index is 3.20. The Bertz CT molecular complexity index is 302. The zero-order chi connectivity index (χ0) is 9.84. The van der Waals surface area contributed by atoms with Crippen LogP contribution in [0.5, 0.6) is 5.75 Å². The van der Waals surface area contributed by atoms with Gasteiger partial charge >= 0.3 is 0 Å². The Morgan fingerprint density at radius 1 is 1.46 bits per heavy atom. The second-order valence-electron chi connectivity index (χ2n) is 2.61. The first-order valence-electron chi connectivity index (χ1n) is 3.84. The minimum atomic E-state index is -0.700. The maximum atomic E-state index is 13.1. The van der Waals surface area contributed by atoms with Crippen LogP contribution in [0.25, 0.3) is 0 Å². The number of hydrogen-bond donors (Lipinski definition) is 1. The smallest absolute Gasteiger partial charge is 0.165 e. The van der Waals surface area contributed by atoms with Crippen LogP contribution < -0.4 is 10.5 Å². The van der Waals surface area contributed by atoms with Crippen molar-refractivity contribution in [3.05, 3.63) is 29.1 Å². The maximum Gasteiger partial charge on any atom is 0.165 e. The average molecular weight is 187 g/mol. The number of ether oxygens (including phenoxy) is 1. The molecule has 0 atom stereocenters. The van der Waals surface area contributed by atoms with Crippen molar-refractivity contribution in [2.75, 3.05) is 7.11 Å². The Morgan fingerprint density at radius 2 is 2.15 bits per heavy atom. The summed E-state index contributed by atoms with van der Waals surface area (Å²) in [6.45, 7) is -0.568. The molecule has 0 spiro atoms. The van der Waals surface area contributed by atoms with Crippen molar-refractivity contribution in [1.29, 1.82) is 0 Å². The molecule has 1 rings (SSSR count). The third-order valence-corrected chi connectivity index (χ3v) is 1.76. The molecule has 0 aliphatic heterocycles. The van der Waals surface area contributed by atoms with Crippen molar-refractivity contribution in [1.82, 2.24) is 0 Å². The normalized spacial score (nSPS) is 10.2. The van der Waals surface area contributed by atoms with E-state index in [-0.39, 0.29) is 17.9 Å². The first-order valence-corrected chi connectivity index (χ1v) is 3.84. The van der Waals surface area contributed by atoms with Gasteiger partial charge in [-0.1, -0.05) is 0 Å². The number of nitrogens with two attached hydrogens (primary N) is 1. The number of rotatable bonds is 3. The molecule has 0 saturated carbocycles. The van der Waals surface area contributed by atoms with Gasteiger partial charge in [-0.2, -0.15) is 0 Å². The Labute approximate surface area is 75.3 Å². The summed E-state index contributed by atoms with van der Waals surface area (Å²) in [6, 6.07) is 2.61. The highest BCUT2D eigenvalue weighted by Crippen LogP contribution is 2.24. The van der Waals surface area contributed by atoms with Gasteiger partial charge in [0.25, 0.3) is 0 Å². The molecule has 2 N–H and O–H groups in total. The van der Waals surface area contributed by atoms with Gasteiger partial charge in [0.1, 0.15) is 6.67 Å². The van der Waals surface area contributed by atoms with Crippen molar-refractivity contribution < 1.29 is 13.5 Å². The van der Waals surface area contributed by atoms with E-state index in [4.69, 9.17) is 10.5 Å². The number of halogens is 2. The molecule has 13 heavy (non-hydrogen) atoms. The fraction of sp³-hybridized carbons (Fsp3) is 0.333. The van der Waals surface area contributed by atoms with Crippen molar-refractivity contribution in [2.24, 2.45) is 5.73 Å². The fourth-order valence-corrected chi connectivity index (χ4v) is 1.17. The molecule has 0 fully saturated rings. The van der Waals surface area contributed by atoms with E-state index in [0.29, 0.717) is 5.56 Å². The van der Waals surface area contributed by atoms with Crippen LogP contribution >= 0.6 is 0 Å². The van der Waals surface area contributed by atoms with E-state index in [0.717, 1.165) is 6.07 Å². The van der Waals surface area contributed by atoms with Crippen LogP contribution in [0.4, 0.5) is 8.78 Å². The van der Waals surface area contributed by atoms with Crippen molar-refractivity contribution in [2.45, 2.75) is 13.2 Å². The summed E-state index contributed by atoms with van der Waals surface area (Å²) in [6.07, 6.45) is 0. The van der Waals surface area contributed by atoms with Gasteiger partial charge in [-0.3, -0.25) is 0 Å². The van der Waals surface area contributed by atoms with Crippen LogP contribution in [-0.4, -0.2) is 7.11 Å². The van der Waals surface area contributed by atoms with Gasteiger partial charge < -0.3 is 10.5 Å². The lowest BCUT2D eigenvalue weighted by molar-refractivity contribution is 0.380. The average Bonchev–Trinajstić information content (AvgIpc) is 2.16. The molecule has 0 saturated heterocycles. The van der Waals surface area contributed by atoms with Crippen LogP contribution in [0.2, 0.25) is 0 Å². The van der Waals surface area contributed by atoms with Gasteiger partial charge in [-0.25, -0.2) is 8.78 Å². The van der Waals surface area contributed by atoms with Crippen molar-refractivity contribution in [3.63, 3.8) is 0 Å². The summed E-state index contributed by atoms with van der Waals surface area (Å²) >= 11 is 0. The molecule has 0 aromatic heterocycles. The first kappa shape index (κ1) is 9.92. The molecule has 72 valence electrons. The van der Waals surface area contributed by atoms with Gasteiger partial charge in [0.15, 0.2) is 11.6 Å². The predicted octanol–water partition coefficient (Wildman–Crippen LogP) is 1.76. The van der Waals surface area contributed by atoms with E-state index < -0.39 is 12.5 Å². The molecule has 0 aliphatic rings. The summed E-state index contributed by atoms with van der Waals surface area (Å²) in [5.74, 6) is -0.474. The van der Waals surface area contributed by atoms with Crippen LogP contribution in [-0.2, 0) is 13.2 Å². The van der Waals surface area contributed by atoms with Crippen molar-refractivity contribution in [3.8, 4) is 5.75 Å². The van der Waals surface area contributed by atoms with Crippen LogP contribution in [0, 0.1) is 5.82 Å². The van der Waals surface area contributed by atoms with E-state index in [1.165, 1.54) is 13.2 Å². The highest BCUT2D eigenvalue weighted by Gasteiger charge is 2.09. The Kier molecular flexibility index (Phi) is 3.19. The molecule has 1 aromatic rings. The largest absolute Gasteiger partial charge is 0.493 e. The van der Waals surface area contributed by atoms with E-state index in [9.17, 15) is 8.78 Å². The van der Waals surface area contributed by atoms with Gasteiger partial charge in [0, 0.05) is 12.1 Å². The minimum absolute atomic E-state index is 0.0969. The quantitative estimate of drug-likeness (QED) is 0.782. The number of alkyl halides is 1. The van der Waals surface area contributed by atoms with Crippen LogP contribution in [0.3, 0.4) is 0 Å². The predicted molar refractivity (Wildman–Crippen MR) is 45.7 cm³/mol. The summed E-state index contributed by atoms with van der Waals surface area (Å²) in [7, 11) is 1.35. The standard InChI is InChI=1S/C9H11F2NO/c1-13-9-7(5-12)2-6(4-10)3-8(9)11/h2-3H,4-5,12H2,1H3. The number of methoxy groups -OCH3 is 1. The molecule has 4 heteroatoms. The first-order chi connectivity index (χ1) is 6.22. The lowest BCUT2D eigenvalue weighted by Crippen LogP contribution is -2.03. The monoisotopic (exact) mass is 187 g/mol. The molecule has 0 aliphatic carbocycles. The zero-order valence-electron chi connectivity index (χ0n) is 7.31. The highest BCUT2D eigenvalue weighted by molar-refractivity contribution is 5.38. The molecule has 1 aromatic carbocycles. The molecular weight excluding hydrogens is 176 g/mol. The molecular formula is C9H11F2NO. The van der Waals surface area contributed by atoms with Gasteiger partial charge in [0.2, 0.25) is 0 Å². The van der Waals surface area contributed by atoms with Crippen LogP contribution in [0.15, 0.2) is 12.1 Å². The molecule has 0 bridgehead atoms. The second kappa shape index (κ2) is 4.18. The topological polar surface area (TPSA) is 35.2 Å². The zero-order valence-corrected chi connectivity index (χ0v) is 7.31. The summed E-state index contributed by atoms with van der Waals surface area (Å²) in [5, 5.41) is 0. The van der Waals surface area contributed by atoms with E-state index >= 15 is 0 Å². The van der Waals surface area contributed by atoms with Gasteiger partial charge in [-0.05, 0) is 17.7 Å². The molecule has 0 amide bonds. The molecule has 0 heterocycles. The highest BCUT2D eigenvalue weighted by atomic mass is 19.1. The Morgan fingerprint density at radius 3 is 2.62 bits per heavy atom. The third kappa shape index (κ3) is 1.95. The number of benzene rings is 1. The summed E-state index contributed by atoms with van der Waals surface area (Å²) in [4.78, 5) is 0. The van der Waals surface area contributed by atoms with Crippen LogP contribution in [0.1, 0.15) is 11.1 Å². The van der Waals surface area contributed by atoms with Crippen molar-refractivity contribution >= 4 is 0 Å². The van der Waals surface area contributed by atoms with E-state index in [1.54, 1.807) is 0 Å². The van der Waals surface area contributed by atoms with Gasteiger partial charge in [0.05, 0.1) is 7.11 Å². The fourth-order valence-electron chi connectivity index (χ4n) is 1.17. The maximum absolute atomic E-state index is 13.1. The third-order valence-electron chi connectivity index (χ3n) is 1.76. The molecule has 0 radical (unpaired) electrons. The summed E-state index contributed by atoms with van der Waals surface area (Å²) in [5.41, 5.74) is 6.11. The minimum Gasteiger partial charge on any atom is -0.493 e. The summed E-state index contributed by atoms with van der Waals surface area (Å²) < 4.78 is 30.1. The van der Waals surface area contributed by atoms with E-state index in [2.05, 4.69) is 0 Å². The number of hydrogen-bond acceptors (Lipinski definition) is 2. The Hall–Kier alpha value is -1.16. The van der Waals surface area contributed by atoms with Gasteiger partial charge in [-0.15, -0.1) is 0 Å².